The summed E-state index contributed by atoms with van der Waals surface area (Å²) in [6.07, 6.45) is -0.489. The number of aliphatic hydroxyl groups excluding tert-OH is 1. The Bertz CT molecular complexity index is 777. The molecular weight excluding hydrogens is 360 g/mol. The summed E-state index contributed by atoms with van der Waals surface area (Å²) in [7, 11) is -3.98. The molecule has 2 heterocycles. The predicted octanol–water partition coefficient (Wildman–Crippen LogP) is 0.549. The van der Waals surface area contributed by atoms with Gasteiger partial charge in [0.1, 0.15) is 6.10 Å². The molecule has 3 atom stereocenters. The van der Waals surface area contributed by atoms with Gasteiger partial charge in [0.25, 0.3) is 10.0 Å². The highest BCUT2D eigenvalue weighted by molar-refractivity contribution is 7.89. The van der Waals surface area contributed by atoms with Gasteiger partial charge in [-0.1, -0.05) is 17.7 Å². The van der Waals surface area contributed by atoms with Gasteiger partial charge in [-0.3, -0.25) is 10.2 Å². The Kier molecular flexibility index (Phi) is 5.11. The van der Waals surface area contributed by atoms with Crippen LogP contribution in [0.25, 0.3) is 0 Å². The number of benzene rings is 1. The van der Waals surface area contributed by atoms with E-state index < -0.39 is 39.8 Å². The van der Waals surface area contributed by atoms with Gasteiger partial charge < -0.3 is 14.6 Å². The minimum absolute atomic E-state index is 0.0798. The van der Waals surface area contributed by atoms with E-state index in [0.717, 1.165) is 9.98 Å². The van der Waals surface area contributed by atoms with Crippen LogP contribution in [0.1, 0.15) is 25.8 Å². The Balaban J connectivity index is 1.98. The van der Waals surface area contributed by atoms with Crippen molar-refractivity contribution < 1.29 is 27.8 Å². The van der Waals surface area contributed by atoms with Gasteiger partial charge in [-0.2, -0.15) is 0 Å². The predicted molar refractivity (Wildman–Crippen MR) is 92.2 cm³/mol. The molecule has 2 aliphatic rings. The largest absolute Gasteiger partial charge is 0.396 e. The van der Waals surface area contributed by atoms with Crippen LogP contribution in [0.5, 0.6) is 0 Å². The molecule has 0 radical (unpaired) electrons. The second-order valence-electron chi connectivity index (χ2n) is 7.07. The van der Waals surface area contributed by atoms with Gasteiger partial charge in [-0.25, -0.2) is 8.42 Å². The van der Waals surface area contributed by atoms with Crippen molar-refractivity contribution in [2.75, 3.05) is 13.2 Å². The van der Waals surface area contributed by atoms with Gasteiger partial charge in [-0.05, 0) is 39.3 Å². The molecule has 2 N–H and O–H groups in total. The van der Waals surface area contributed by atoms with E-state index in [-0.39, 0.29) is 24.5 Å². The second kappa shape index (κ2) is 6.90. The number of hydrazine groups is 1. The van der Waals surface area contributed by atoms with Gasteiger partial charge in [0.15, 0.2) is 5.79 Å². The summed E-state index contributed by atoms with van der Waals surface area (Å²) >= 11 is 0. The molecule has 26 heavy (non-hydrogen) atoms. The Morgan fingerprint density at radius 1 is 1.31 bits per heavy atom. The van der Waals surface area contributed by atoms with Crippen LogP contribution in [0, 0.1) is 12.8 Å². The monoisotopic (exact) mass is 384 g/mol. The third-order valence-corrected chi connectivity index (χ3v) is 6.39. The van der Waals surface area contributed by atoms with E-state index in [1.165, 1.54) is 12.1 Å². The molecular formula is C17H24N2O6S. The van der Waals surface area contributed by atoms with Crippen molar-refractivity contribution >= 4 is 15.9 Å². The Morgan fingerprint density at radius 3 is 2.50 bits per heavy atom. The van der Waals surface area contributed by atoms with Crippen LogP contribution in [0.2, 0.25) is 0 Å². The Hall–Kier alpha value is -1.52. The molecule has 0 aliphatic carbocycles. The van der Waals surface area contributed by atoms with Gasteiger partial charge in [0.2, 0.25) is 5.91 Å². The molecule has 0 spiro atoms. The van der Waals surface area contributed by atoms with Crippen LogP contribution in [0.15, 0.2) is 29.2 Å². The SMILES string of the molecule is Cc1ccc(S(=O)(=O)N2NC(=O)[C@@H](CCO)[C@@H]2[C@H]2COC(C)(C)O2)cc1. The van der Waals surface area contributed by atoms with Crippen molar-refractivity contribution in [3.8, 4) is 0 Å². The number of aryl methyl sites for hydroxylation is 1. The third-order valence-electron chi connectivity index (χ3n) is 4.67. The minimum Gasteiger partial charge on any atom is -0.396 e. The van der Waals surface area contributed by atoms with Gasteiger partial charge in [0, 0.05) is 6.61 Å². The quantitative estimate of drug-likeness (QED) is 0.768. The highest BCUT2D eigenvalue weighted by Gasteiger charge is 2.53. The first-order valence-corrected chi connectivity index (χ1v) is 9.94. The zero-order valence-electron chi connectivity index (χ0n) is 15.0. The lowest BCUT2D eigenvalue weighted by Gasteiger charge is -2.29. The number of nitrogens with zero attached hydrogens (tertiary/aromatic N) is 1. The van der Waals surface area contributed by atoms with Crippen LogP contribution >= 0.6 is 0 Å². The summed E-state index contributed by atoms with van der Waals surface area (Å²) in [6, 6.07) is 5.60. The Labute approximate surface area is 153 Å². The van der Waals surface area contributed by atoms with Crippen LogP contribution in [-0.4, -0.2) is 55.0 Å². The second-order valence-corrected chi connectivity index (χ2v) is 8.88. The summed E-state index contributed by atoms with van der Waals surface area (Å²) in [5.41, 5.74) is 3.39. The summed E-state index contributed by atoms with van der Waals surface area (Å²) in [5, 5.41) is 9.32. The number of carbonyl (C=O) groups excluding carboxylic acids is 1. The molecule has 1 aromatic rings. The van der Waals surface area contributed by atoms with Crippen LogP contribution in [0.3, 0.4) is 0 Å². The molecule has 3 rings (SSSR count). The maximum absolute atomic E-state index is 13.1. The number of aliphatic hydroxyl groups is 1. The molecule has 1 amide bonds. The van der Waals surface area contributed by atoms with E-state index in [1.54, 1.807) is 26.0 Å². The fourth-order valence-electron chi connectivity index (χ4n) is 3.36. The van der Waals surface area contributed by atoms with Gasteiger partial charge in [-0.15, -0.1) is 4.41 Å². The number of sulfonamides is 1. The maximum atomic E-state index is 13.1. The lowest BCUT2D eigenvalue weighted by atomic mass is 9.94. The van der Waals surface area contributed by atoms with E-state index in [0.29, 0.717) is 0 Å². The number of amides is 1. The molecule has 1 aromatic carbocycles. The van der Waals surface area contributed by atoms with E-state index in [4.69, 9.17) is 9.47 Å². The first kappa shape index (κ1) is 19.2. The van der Waals surface area contributed by atoms with E-state index >= 15 is 0 Å². The number of hydrogen-bond donors (Lipinski definition) is 2. The summed E-state index contributed by atoms with van der Waals surface area (Å²) in [6.45, 7) is 5.26. The normalized spacial score (nSPS) is 29.1. The molecule has 0 unspecified atom stereocenters. The van der Waals surface area contributed by atoms with Crippen molar-refractivity contribution in [1.82, 2.24) is 9.84 Å². The summed E-state index contributed by atoms with van der Waals surface area (Å²) in [5.74, 6) is -2.03. The fourth-order valence-corrected chi connectivity index (χ4v) is 4.88. The molecule has 0 aromatic heterocycles. The van der Waals surface area contributed by atoms with Crippen LogP contribution in [0.4, 0.5) is 0 Å². The average molecular weight is 384 g/mol. The van der Waals surface area contributed by atoms with Gasteiger partial charge in [0.05, 0.1) is 23.5 Å². The summed E-state index contributed by atoms with van der Waals surface area (Å²) in [4.78, 5) is 12.5. The maximum Gasteiger partial charge on any atom is 0.260 e. The first-order chi connectivity index (χ1) is 12.2. The molecule has 0 bridgehead atoms. The number of carbonyl (C=O) groups is 1. The number of nitrogens with one attached hydrogen (secondary N) is 1. The highest BCUT2D eigenvalue weighted by atomic mass is 32.2. The first-order valence-electron chi connectivity index (χ1n) is 8.50. The topological polar surface area (TPSA) is 105 Å². The van der Waals surface area contributed by atoms with Crippen molar-refractivity contribution in [2.45, 2.75) is 50.0 Å². The molecule has 8 nitrogen and oxygen atoms in total. The molecule has 2 aliphatic heterocycles. The van der Waals surface area contributed by atoms with E-state index in [9.17, 15) is 18.3 Å². The number of ether oxygens (including phenoxy) is 2. The number of rotatable bonds is 5. The van der Waals surface area contributed by atoms with Gasteiger partial charge >= 0.3 is 0 Å². The molecule has 2 saturated heterocycles. The molecule has 9 heteroatoms. The standard InChI is InChI=1S/C17H24N2O6S/c1-11-4-6-12(7-5-11)26(22,23)19-15(13(8-9-20)16(21)18-19)14-10-24-17(2,3)25-14/h4-7,13-15,20H,8-10H2,1-3H3,(H,18,21)/t13-,14+,15+/m0/s1. The molecule has 0 saturated carbocycles. The summed E-state index contributed by atoms with van der Waals surface area (Å²) < 4.78 is 38.6. The van der Waals surface area contributed by atoms with Crippen molar-refractivity contribution in [2.24, 2.45) is 5.92 Å². The van der Waals surface area contributed by atoms with Crippen molar-refractivity contribution in [1.29, 1.82) is 0 Å². The lowest BCUT2D eigenvalue weighted by molar-refractivity contribution is -0.145. The van der Waals surface area contributed by atoms with Crippen LogP contribution in [-0.2, 0) is 24.3 Å². The molecule has 2 fully saturated rings. The average Bonchev–Trinajstić information content (AvgIpc) is 3.08. The minimum atomic E-state index is -3.98. The van der Waals surface area contributed by atoms with Crippen molar-refractivity contribution in [3.05, 3.63) is 29.8 Å². The molecule has 144 valence electrons. The van der Waals surface area contributed by atoms with E-state index in [2.05, 4.69) is 5.43 Å². The van der Waals surface area contributed by atoms with Crippen molar-refractivity contribution in [3.63, 3.8) is 0 Å². The van der Waals surface area contributed by atoms with E-state index in [1.807, 2.05) is 6.92 Å². The number of hydrogen-bond acceptors (Lipinski definition) is 6. The zero-order valence-corrected chi connectivity index (χ0v) is 15.8. The van der Waals surface area contributed by atoms with Crippen LogP contribution < -0.4 is 5.43 Å². The third kappa shape index (κ3) is 3.49. The zero-order chi connectivity index (χ0) is 19.1. The fraction of sp³-hybridized carbons (Fsp3) is 0.588. The highest BCUT2D eigenvalue weighted by Crippen LogP contribution is 2.35. The Morgan fingerprint density at radius 2 is 1.96 bits per heavy atom. The smallest absolute Gasteiger partial charge is 0.260 e. The lowest BCUT2D eigenvalue weighted by Crippen LogP contribution is -2.50.